The lowest BCUT2D eigenvalue weighted by Crippen LogP contribution is -2.01. The largest absolute Gasteiger partial charge is 0.496 e. The highest BCUT2D eigenvalue weighted by molar-refractivity contribution is 7.11. The van der Waals surface area contributed by atoms with Gasteiger partial charge in [-0.15, -0.1) is 22.9 Å². The summed E-state index contributed by atoms with van der Waals surface area (Å²) >= 11 is 14.2. The predicted octanol–water partition coefficient (Wildman–Crippen LogP) is 4.76. The number of hydrogen-bond donors (Lipinski definition) is 0. The monoisotopic (exact) mass is 332 g/mol. The highest BCUT2D eigenvalue weighted by atomic mass is 35.5. The zero-order chi connectivity index (χ0) is 14.7. The van der Waals surface area contributed by atoms with Crippen molar-refractivity contribution < 1.29 is 14.2 Å². The van der Waals surface area contributed by atoms with Crippen molar-refractivity contribution >= 4 is 34.5 Å². The van der Waals surface area contributed by atoms with Gasteiger partial charge in [-0.25, -0.2) is 0 Å². The van der Waals surface area contributed by atoms with Crippen molar-refractivity contribution in [1.29, 1.82) is 0 Å². The molecule has 0 saturated carbocycles. The van der Waals surface area contributed by atoms with E-state index in [1.165, 1.54) is 11.3 Å². The molecule has 0 aliphatic carbocycles. The minimum absolute atomic E-state index is 0.446. The van der Waals surface area contributed by atoms with Crippen LogP contribution in [0.2, 0.25) is 5.02 Å². The first-order chi connectivity index (χ1) is 9.62. The fourth-order valence-corrected chi connectivity index (χ4v) is 3.59. The quantitative estimate of drug-likeness (QED) is 0.739. The Balaban J connectivity index is 2.57. The second-order valence-electron chi connectivity index (χ2n) is 3.94. The number of thiophene rings is 1. The SMILES string of the molecule is COc1cc(OC)c(C(Cl)c2sccc2Cl)c(OC)c1. The number of benzene rings is 1. The first-order valence-corrected chi connectivity index (χ1v) is 7.48. The lowest BCUT2D eigenvalue weighted by atomic mass is 10.1. The van der Waals surface area contributed by atoms with E-state index >= 15 is 0 Å². The molecule has 1 unspecified atom stereocenters. The number of hydrogen-bond acceptors (Lipinski definition) is 4. The van der Waals surface area contributed by atoms with Crippen molar-refractivity contribution in [2.45, 2.75) is 5.38 Å². The van der Waals surface area contributed by atoms with E-state index in [4.69, 9.17) is 37.4 Å². The van der Waals surface area contributed by atoms with Crippen LogP contribution < -0.4 is 14.2 Å². The number of alkyl halides is 1. The Morgan fingerprint density at radius 3 is 2.05 bits per heavy atom. The van der Waals surface area contributed by atoms with E-state index in [2.05, 4.69) is 0 Å². The maximum absolute atomic E-state index is 6.57. The van der Waals surface area contributed by atoms with Gasteiger partial charge in [-0.1, -0.05) is 11.6 Å². The van der Waals surface area contributed by atoms with E-state index in [0.717, 1.165) is 10.4 Å². The minimum Gasteiger partial charge on any atom is -0.496 e. The molecule has 0 N–H and O–H groups in total. The normalized spacial score (nSPS) is 12.1. The van der Waals surface area contributed by atoms with Gasteiger partial charge < -0.3 is 14.2 Å². The lowest BCUT2D eigenvalue weighted by Gasteiger charge is -2.18. The van der Waals surface area contributed by atoms with Crippen LogP contribution in [-0.4, -0.2) is 21.3 Å². The van der Waals surface area contributed by atoms with Gasteiger partial charge >= 0.3 is 0 Å². The minimum atomic E-state index is -0.446. The van der Waals surface area contributed by atoms with E-state index in [0.29, 0.717) is 22.3 Å². The van der Waals surface area contributed by atoms with Crippen LogP contribution in [0, 0.1) is 0 Å². The second kappa shape index (κ2) is 6.57. The lowest BCUT2D eigenvalue weighted by molar-refractivity contribution is 0.369. The fraction of sp³-hybridized carbons (Fsp3) is 0.286. The molecule has 0 radical (unpaired) electrons. The number of methoxy groups -OCH3 is 3. The van der Waals surface area contributed by atoms with Crippen molar-refractivity contribution in [3.8, 4) is 17.2 Å². The molecule has 1 heterocycles. The van der Waals surface area contributed by atoms with Crippen LogP contribution in [0.1, 0.15) is 15.8 Å². The summed E-state index contributed by atoms with van der Waals surface area (Å²) in [4.78, 5) is 0.857. The smallest absolute Gasteiger partial charge is 0.131 e. The van der Waals surface area contributed by atoms with Crippen molar-refractivity contribution in [3.05, 3.63) is 39.0 Å². The van der Waals surface area contributed by atoms with Crippen LogP contribution in [0.4, 0.5) is 0 Å². The van der Waals surface area contributed by atoms with E-state index in [1.807, 2.05) is 11.4 Å². The highest BCUT2D eigenvalue weighted by Crippen LogP contribution is 2.46. The van der Waals surface area contributed by atoms with Crippen LogP contribution >= 0.6 is 34.5 Å². The summed E-state index contributed by atoms with van der Waals surface area (Å²) in [6.07, 6.45) is 0. The molecule has 1 aromatic carbocycles. The standard InChI is InChI=1S/C14H14Cl2O3S/c1-17-8-6-10(18-2)12(11(7-8)19-3)13(16)14-9(15)4-5-20-14/h4-7,13H,1-3H3. The molecule has 0 aliphatic rings. The third kappa shape index (κ3) is 2.82. The Labute approximate surface area is 132 Å². The number of rotatable bonds is 5. The third-order valence-corrected chi connectivity index (χ3v) is 4.87. The summed E-state index contributed by atoms with van der Waals surface area (Å²) in [5.41, 5.74) is 0.738. The van der Waals surface area contributed by atoms with Gasteiger partial charge in [-0.2, -0.15) is 0 Å². The van der Waals surface area contributed by atoms with Crippen LogP contribution in [0.5, 0.6) is 17.2 Å². The molecule has 0 fully saturated rings. The maximum Gasteiger partial charge on any atom is 0.131 e. The topological polar surface area (TPSA) is 27.7 Å². The first-order valence-electron chi connectivity index (χ1n) is 5.79. The Morgan fingerprint density at radius 1 is 1.05 bits per heavy atom. The average Bonchev–Trinajstić information content (AvgIpc) is 2.91. The molecule has 0 bridgehead atoms. The van der Waals surface area contributed by atoms with Gasteiger partial charge in [-0.3, -0.25) is 0 Å². The van der Waals surface area contributed by atoms with Crippen molar-refractivity contribution in [2.24, 2.45) is 0 Å². The Hall–Kier alpha value is -1.10. The highest BCUT2D eigenvalue weighted by Gasteiger charge is 2.24. The molecule has 6 heteroatoms. The first kappa shape index (κ1) is 15.3. The van der Waals surface area contributed by atoms with Gasteiger partial charge in [0, 0.05) is 17.0 Å². The van der Waals surface area contributed by atoms with E-state index in [9.17, 15) is 0 Å². The van der Waals surface area contributed by atoms with Crippen molar-refractivity contribution in [1.82, 2.24) is 0 Å². The van der Waals surface area contributed by atoms with Gasteiger partial charge in [-0.05, 0) is 11.4 Å². The molecule has 2 aromatic rings. The van der Waals surface area contributed by atoms with Crippen LogP contribution in [-0.2, 0) is 0 Å². The Bertz CT molecular complexity index is 573. The molecule has 1 atom stereocenters. The molecular weight excluding hydrogens is 319 g/mol. The van der Waals surface area contributed by atoms with Crippen molar-refractivity contribution in [3.63, 3.8) is 0 Å². The Kier molecular flexibility index (Phi) is 5.02. The maximum atomic E-state index is 6.57. The molecule has 0 amide bonds. The number of ether oxygens (including phenoxy) is 3. The molecule has 0 aliphatic heterocycles. The molecule has 20 heavy (non-hydrogen) atoms. The zero-order valence-electron chi connectivity index (χ0n) is 11.3. The molecule has 0 saturated heterocycles. The molecule has 108 valence electrons. The fourth-order valence-electron chi connectivity index (χ4n) is 1.90. The summed E-state index contributed by atoms with van der Waals surface area (Å²) in [6.45, 7) is 0. The molecule has 3 nitrogen and oxygen atoms in total. The molecule has 2 rings (SSSR count). The Morgan fingerprint density at radius 2 is 1.65 bits per heavy atom. The predicted molar refractivity (Wildman–Crippen MR) is 83.1 cm³/mol. The summed E-state index contributed by atoms with van der Waals surface area (Å²) in [6, 6.07) is 5.36. The summed E-state index contributed by atoms with van der Waals surface area (Å²) < 4.78 is 16.0. The average molecular weight is 333 g/mol. The van der Waals surface area contributed by atoms with Crippen molar-refractivity contribution in [2.75, 3.05) is 21.3 Å². The summed E-state index contributed by atoms with van der Waals surface area (Å²) in [5.74, 6) is 1.85. The zero-order valence-corrected chi connectivity index (χ0v) is 13.6. The van der Waals surface area contributed by atoms with Crippen LogP contribution in [0.15, 0.2) is 23.6 Å². The van der Waals surface area contributed by atoms with Crippen LogP contribution in [0.25, 0.3) is 0 Å². The second-order valence-corrected chi connectivity index (χ2v) is 5.73. The van der Waals surface area contributed by atoms with E-state index < -0.39 is 5.38 Å². The van der Waals surface area contributed by atoms with Gasteiger partial charge in [0.1, 0.15) is 22.6 Å². The third-order valence-electron chi connectivity index (χ3n) is 2.88. The van der Waals surface area contributed by atoms with Gasteiger partial charge in [0.15, 0.2) is 0 Å². The van der Waals surface area contributed by atoms with E-state index in [-0.39, 0.29) is 0 Å². The van der Waals surface area contributed by atoms with Crippen LogP contribution in [0.3, 0.4) is 0 Å². The van der Waals surface area contributed by atoms with Gasteiger partial charge in [0.25, 0.3) is 0 Å². The summed E-state index contributed by atoms with van der Waals surface area (Å²) in [7, 11) is 4.75. The summed E-state index contributed by atoms with van der Waals surface area (Å²) in [5, 5.41) is 2.09. The number of halogens is 2. The van der Waals surface area contributed by atoms with Gasteiger partial charge in [0.2, 0.25) is 0 Å². The van der Waals surface area contributed by atoms with Gasteiger partial charge in [0.05, 0.1) is 31.9 Å². The molecule has 0 spiro atoms. The van der Waals surface area contributed by atoms with E-state index in [1.54, 1.807) is 33.5 Å². The molecular formula is C14H14Cl2O3S. The molecule has 1 aromatic heterocycles.